The van der Waals surface area contributed by atoms with Gasteiger partial charge in [-0.15, -0.1) is 0 Å². The maximum Gasteiger partial charge on any atom is 0.264 e. The Balaban J connectivity index is 2.22. The largest absolute Gasteiger partial charge is 0.322 e. The van der Waals surface area contributed by atoms with E-state index in [1.165, 1.54) is 12.3 Å². The van der Waals surface area contributed by atoms with Gasteiger partial charge in [0.05, 0.1) is 5.56 Å². The van der Waals surface area contributed by atoms with Crippen molar-refractivity contribution in [1.82, 2.24) is 4.98 Å². The molecule has 0 spiro atoms. The number of nitrogens with one attached hydrogen (secondary N) is 1. The molecule has 2 rings (SSSR count). The molecule has 0 atom stereocenters. The first-order valence-corrected chi connectivity index (χ1v) is 8.06. The highest BCUT2D eigenvalue weighted by atomic mass is 35.7. The molecule has 0 aliphatic heterocycles. The number of aromatic nitrogens is 1. The molecule has 8 heteroatoms. The number of rotatable bonds is 3. The van der Waals surface area contributed by atoms with E-state index < -0.39 is 25.7 Å². The maximum absolute atomic E-state index is 13.6. The van der Waals surface area contributed by atoms with Crippen LogP contribution in [-0.2, 0) is 9.05 Å². The Morgan fingerprint density at radius 3 is 2.52 bits per heavy atom. The summed E-state index contributed by atoms with van der Waals surface area (Å²) in [5.41, 5.74) is 1.17. The van der Waals surface area contributed by atoms with Crippen LogP contribution in [0.2, 0.25) is 0 Å². The third kappa shape index (κ3) is 3.77. The summed E-state index contributed by atoms with van der Waals surface area (Å²) in [5, 5.41) is 2.44. The number of benzene rings is 1. The number of nitrogens with zero attached hydrogens (tertiary/aromatic N) is 1. The Kier molecular flexibility index (Phi) is 4.24. The first kappa shape index (κ1) is 15.4. The lowest BCUT2D eigenvalue weighted by molar-refractivity contribution is 0.102. The molecule has 1 amide bonds. The maximum atomic E-state index is 13.6. The molecule has 110 valence electrons. The molecule has 0 aliphatic carbocycles. The highest BCUT2D eigenvalue weighted by Crippen LogP contribution is 2.22. The van der Waals surface area contributed by atoms with Gasteiger partial charge in [0.2, 0.25) is 0 Å². The van der Waals surface area contributed by atoms with Crippen LogP contribution in [0, 0.1) is 12.7 Å². The standard InChI is InChI=1S/C13H10ClFN2O3S/c1-8-2-3-9(7-16-8)13(18)17-10-4-5-12(11(15)6-10)21(14,19)20/h2-7H,1H3,(H,17,18). The molecule has 0 unspecified atom stereocenters. The Morgan fingerprint density at radius 1 is 1.29 bits per heavy atom. The van der Waals surface area contributed by atoms with Gasteiger partial charge in [-0.2, -0.15) is 0 Å². The molecule has 0 bridgehead atoms. The lowest BCUT2D eigenvalue weighted by Gasteiger charge is -2.06. The van der Waals surface area contributed by atoms with Crippen LogP contribution < -0.4 is 5.32 Å². The Hall–Kier alpha value is -1.99. The topological polar surface area (TPSA) is 76.1 Å². The van der Waals surface area contributed by atoms with Crippen molar-refractivity contribution in [2.75, 3.05) is 5.32 Å². The van der Waals surface area contributed by atoms with Crippen molar-refractivity contribution in [3.8, 4) is 0 Å². The van der Waals surface area contributed by atoms with Gasteiger partial charge in [0.25, 0.3) is 15.0 Å². The van der Waals surface area contributed by atoms with Crippen molar-refractivity contribution in [2.45, 2.75) is 11.8 Å². The second-order valence-electron chi connectivity index (χ2n) is 4.23. The van der Waals surface area contributed by atoms with Gasteiger partial charge >= 0.3 is 0 Å². The van der Waals surface area contributed by atoms with Crippen molar-refractivity contribution >= 4 is 31.3 Å². The summed E-state index contributed by atoms with van der Waals surface area (Å²) < 4.78 is 35.8. The van der Waals surface area contributed by atoms with Crippen molar-refractivity contribution < 1.29 is 17.6 Å². The van der Waals surface area contributed by atoms with E-state index in [2.05, 4.69) is 10.3 Å². The number of carbonyl (C=O) groups excluding carboxylic acids is 1. The van der Waals surface area contributed by atoms with E-state index in [4.69, 9.17) is 10.7 Å². The van der Waals surface area contributed by atoms with E-state index in [9.17, 15) is 17.6 Å². The predicted octanol–water partition coefficient (Wildman–Crippen LogP) is 2.71. The smallest absolute Gasteiger partial charge is 0.264 e. The van der Waals surface area contributed by atoms with Gasteiger partial charge in [-0.05, 0) is 37.3 Å². The molecule has 21 heavy (non-hydrogen) atoms. The summed E-state index contributed by atoms with van der Waals surface area (Å²) in [6.07, 6.45) is 1.39. The number of amides is 1. The summed E-state index contributed by atoms with van der Waals surface area (Å²) in [4.78, 5) is 15.2. The van der Waals surface area contributed by atoms with Crippen molar-refractivity contribution in [2.24, 2.45) is 0 Å². The molecule has 2 aromatic rings. The number of hydrogen-bond acceptors (Lipinski definition) is 4. The molecule has 0 fully saturated rings. The Morgan fingerprint density at radius 2 is 2.00 bits per heavy atom. The quantitative estimate of drug-likeness (QED) is 0.879. The molecular formula is C13H10ClFN2O3S. The third-order valence-electron chi connectivity index (χ3n) is 2.63. The molecule has 1 aromatic heterocycles. The zero-order valence-electron chi connectivity index (χ0n) is 10.8. The minimum absolute atomic E-state index is 0.113. The fourth-order valence-corrected chi connectivity index (χ4v) is 2.48. The van der Waals surface area contributed by atoms with Gasteiger partial charge in [-0.3, -0.25) is 9.78 Å². The first-order chi connectivity index (χ1) is 9.77. The van der Waals surface area contributed by atoms with Gasteiger partial charge in [-0.25, -0.2) is 12.8 Å². The zero-order valence-corrected chi connectivity index (χ0v) is 12.4. The zero-order chi connectivity index (χ0) is 15.6. The van der Waals surface area contributed by atoms with E-state index in [1.807, 2.05) is 0 Å². The van der Waals surface area contributed by atoms with Gasteiger partial charge in [0, 0.05) is 28.3 Å². The summed E-state index contributed by atoms with van der Waals surface area (Å²) >= 11 is 0. The van der Waals surface area contributed by atoms with Gasteiger partial charge < -0.3 is 5.32 Å². The molecule has 1 N–H and O–H groups in total. The third-order valence-corrected chi connectivity index (χ3v) is 3.98. The first-order valence-electron chi connectivity index (χ1n) is 5.75. The number of anilines is 1. The minimum atomic E-state index is -4.16. The Labute approximate surface area is 125 Å². The van der Waals surface area contributed by atoms with Crippen LogP contribution in [0.5, 0.6) is 0 Å². The van der Waals surface area contributed by atoms with Crippen LogP contribution in [0.1, 0.15) is 16.1 Å². The monoisotopic (exact) mass is 328 g/mol. The predicted molar refractivity (Wildman–Crippen MR) is 76.4 cm³/mol. The molecule has 1 aromatic carbocycles. The highest BCUT2D eigenvalue weighted by molar-refractivity contribution is 8.13. The average molecular weight is 329 g/mol. The Bertz CT molecular complexity index is 792. The normalized spacial score (nSPS) is 11.2. The lowest BCUT2D eigenvalue weighted by atomic mass is 10.2. The summed E-state index contributed by atoms with van der Waals surface area (Å²) in [5.74, 6) is -1.52. The van der Waals surface area contributed by atoms with Crippen LogP contribution in [0.25, 0.3) is 0 Å². The number of halogens is 2. The highest BCUT2D eigenvalue weighted by Gasteiger charge is 2.17. The van der Waals surface area contributed by atoms with Crippen LogP contribution >= 0.6 is 10.7 Å². The molecule has 0 aliphatic rings. The molecule has 1 heterocycles. The van der Waals surface area contributed by atoms with Gasteiger partial charge in [-0.1, -0.05) is 0 Å². The molecule has 0 saturated carbocycles. The van der Waals surface area contributed by atoms with Crippen molar-refractivity contribution in [3.05, 3.63) is 53.6 Å². The number of hydrogen-bond donors (Lipinski definition) is 1. The van der Waals surface area contributed by atoms with Crippen LogP contribution in [0.15, 0.2) is 41.4 Å². The van der Waals surface area contributed by atoms with E-state index in [0.717, 1.165) is 17.8 Å². The summed E-state index contributed by atoms with van der Waals surface area (Å²) in [6.45, 7) is 1.78. The summed E-state index contributed by atoms with van der Waals surface area (Å²) in [7, 11) is 0.908. The van der Waals surface area contributed by atoms with E-state index in [0.29, 0.717) is 5.56 Å². The van der Waals surface area contributed by atoms with Gasteiger partial charge in [0.15, 0.2) is 0 Å². The summed E-state index contributed by atoms with van der Waals surface area (Å²) in [6, 6.07) is 6.36. The van der Waals surface area contributed by atoms with Crippen LogP contribution in [-0.4, -0.2) is 19.3 Å². The number of pyridine rings is 1. The molecule has 0 saturated heterocycles. The van der Waals surface area contributed by atoms with Crippen molar-refractivity contribution in [1.29, 1.82) is 0 Å². The number of aryl methyl sites for hydroxylation is 1. The van der Waals surface area contributed by atoms with E-state index >= 15 is 0 Å². The lowest BCUT2D eigenvalue weighted by Crippen LogP contribution is -2.12. The van der Waals surface area contributed by atoms with Gasteiger partial charge in [0.1, 0.15) is 10.7 Å². The molecular weight excluding hydrogens is 319 g/mol. The van der Waals surface area contributed by atoms with E-state index in [1.54, 1.807) is 19.1 Å². The van der Waals surface area contributed by atoms with Crippen molar-refractivity contribution in [3.63, 3.8) is 0 Å². The molecule has 5 nitrogen and oxygen atoms in total. The van der Waals surface area contributed by atoms with Crippen LogP contribution in [0.4, 0.5) is 10.1 Å². The second kappa shape index (κ2) is 5.79. The fourth-order valence-electron chi connectivity index (χ4n) is 1.58. The average Bonchev–Trinajstić information content (AvgIpc) is 2.37. The number of carbonyl (C=O) groups is 1. The minimum Gasteiger partial charge on any atom is -0.322 e. The second-order valence-corrected chi connectivity index (χ2v) is 6.76. The molecule has 0 radical (unpaired) electrons. The SMILES string of the molecule is Cc1ccc(C(=O)Nc2ccc(S(=O)(=O)Cl)c(F)c2)cn1. The fraction of sp³-hybridized carbons (Fsp3) is 0.0769. The van der Waals surface area contributed by atoms with E-state index in [-0.39, 0.29) is 5.69 Å². The van der Waals surface area contributed by atoms with Crippen LogP contribution in [0.3, 0.4) is 0 Å².